The van der Waals surface area contributed by atoms with Crippen LogP contribution in [0.3, 0.4) is 0 Å². The average molecular weight is 386 g/mol. The number of H-pyrrole nitrogens is 1. The Morgan fingerprint density at radius 3 is 2.93 bits per heavy atom. The largest absolute Gasteiger partial charge is 0.391 e. The van der Waals surface area contributed by atoms with Gasteiger partial charge in [-0.05, 0) is 49.6 Å². The monoisotopic (exact) mass is 386 g/mol. The molecule has 5 rings (SSSR count). The molecule has 0 bridgehead atoms. The van der Waals surface area contributed by atoms with Crippen LogP contribution in [0.2, 0.25) is 0 Å². The highest BCUT2D eigenvalue weighted by Gasteiger charge is 2.21. The molecule has 29 heavy (non-hydrogen) atoms. The number of nitrogens with one attached hydrogen (secondary N) is 1. The van der Waals surface area contributed by atoms with Gasteiger partial charge in [-0.2, -0.15) is 5.10 Å². The van der Waals surface area contributed by atoms with Gasteiger partial charge in [0.25, 0.3) is 0 Å². The maximum atomic E-state index is 10.1. The minimum Gasteiger partial charge on any atom is -0.391 e. The van der Waals surface area contributed by atoms with Crippen LogP contribution in [-0.4, -0.2) is 49.4 Å². The number of aromatic nitrogens is 5. The Bertz CT molecular complexity index is 1160. The van der Waals surface area contributed by atoms with Gasteiger partial charge in [-0.15, -0.1) is 0 Å². The van der Waals surface area contributed by atoms with Crippen LogP contribution in [0.4, 0.5) is 5.82 Å². The number of anilines is 1. The number of piperidine rings is 1. The highest BCUT2D eigenvalue weighted by molar-refractivity contribution is 5.93. The van der Waals surface area contributed by atoms with Crippen molar-refractivity contribution >= 4 is 16.7 Å². The average Bonchev–Trinajstić information content (AvgIpc) is 3.18. The van der Waals surface area contributed by atoms with Gasteiger partial charge in [0.2, 0.25) is 0 Å². The molecule has 4 aromatic heterocycles. The molecule has 7 nitrogen and oxygen atoms in total. The predicted octanol–water partition coefficient (Wildman–Crippen LogP) is 3.35. The summed E-state index contributed by atoms with van der Waals surface area (Å²) in [4.78, 5) is 15.8. The fourth-order valence-corrected chi connectivity index (χ4v) is 3.90. The molecule has 4 aromatic rings. The summed E-state index contributed by atoms with van der Waals surface area (Å²) in [5, 5.41) is 18.6. The molecule has 0 aromatic carbocycles. The maximum absolute atomic E-state index is 10.1. The van der Waals surface area contributed by atoms with E-state index in [0.29, 0.717) is 6.54 Å². The fourth-order valence-electron chi connectivity index (χ4n) is 3.90. The molecule has 0 amide bonds. The molecular weight excluding hydrogens is 364 g/mol. The smallest absolute Gasteiger partial charge is 0.132 e. The van der Waals surface area contributed by atoms with Crippen LogP contribution in [0, 0.1) is 6.92 Å². The number of hydrogen-bond acceptors (Lipinski definition) is 6. The second-order valence-corrected chi connectivity index (χ2v) is 7.51. The number of aliphatic hydroxyl groups excluding tert-OH is 1. The molecule has 1 unspecified atom stereocenters. The number of pyridine rings is 3. The molecule has 1 aliphatic rings. The molecule has 0 saturated carbocycles. The highest BCUT2D eigenvalue weighted by Crippen LogP contribution is 2.31. The SMILES string of the molecule is Cc1ccc(-c2n[nH]c3cnc(-c4cccnc4)cc23)nc1N1CCCC(O)C1. The van der Waals surface area contributed by atoms with Crippen LogP contribution < -0.4 is 4.90 Å². The van der Waals surface area contributed by atoms with Gasteiger partial charge >= 0.3 is 0 Å². The second-order valence-electron chi connectivity index (χ2n) is 7.51. The van der Waals surface area contributed by atoms with E-state index in [0.717, 1.165) is 64.3 Å². The zero-order valence-electron chi connectivity index (χ0n) is 16.2. The molecule has 1 aliphatic heterocycles. The minimum absolute atomic E-state index is 0.298. The van der Waals surface area contributed by atoms with E-state index in [4.69, 9.17) is 4.98 Å². The van der Waals surface area contributed by atoms with Crippen LogP contribution in [0.5, 0.6) is 0 Å². The standard InChI is InChI=1S/C22H22N6O/c1-14-6-7-18(25-22(14)28-9-3-5-16(29)13-28)21-17-10-19(15-4-2-8-23-11-15)24-12-20(17)26-27-21/h2,4,6-8,10-12,16,29H,3,5,9,13H2,1H3,(H,26,27). The van der Waals surface area contributed by atoms with Gasteiger partial charge < -0.3 is 10.0 Å². The van der Waals surface area contributed by atoms with Crippen molar-refractivity contribution in [2.24, 2.45) is 0 Å². The first-order valence-corrected chi connectivity index (χ1v) is 9.84. The van der Waals surface area contributed by atoms with Crippen molar-refractivity contribution < 1.29 is 5.11 Å². The van der Waals surface area contributed by atoms with E-state index in [2.05, 4.69) is 38.1 Å². The normalized spacial score (nSPS) is 17.0. The van der Waals surface area contributed by atoms with Crippen molar-refractivity contribution in [2.75, 3.05) is 18.0 Å². The number of hydrogen-bond donors (Lipinski definition) is 2. The van der Waals surface area contributed by atoms with Gasteiger partial charge in [-0.25, -0.2) is 4.98 Å². The Morgan fingerprint density at radius 1 is 1.17 bits per heavy atom. The van der Waals surface area contributed by atoms with E-state index in [1.165, 1.54) is 0 Å². The Kier molecular flexibility index (Phi) is 4.44. The summed E-state index contributed by atoms with van der Waals surface area (Å²) in [7, 11) is 0. The van der Waals surface area contributed by atoms with Gasteiger partial charge in [0.15, 0.2) is 0 Å². The predicted molar refractivity (Wildman–Crippen MR) is 113 cm³/mol. The molecule has 7 heteroatoms. The highest BCUT2D eigenvalue weighted by atomic mass is 16.3. The van der Waals surface area contributed by atoms with Crippen LogP contribution in [-0.2, 0) is 0 Å². The third kappa shape index (κ3) is 3.34. The molecule has 1 saturated heterocycles. The zero-order valence-corrected chi connectivity index (χ0v) is 16.2. The van der Waals surface area contributed by atoms with Gasteiger partial charge in [-0.1, -0.05) is 6.07 Å². The van der Waals surface area contributed by atoms with Crippen molar-refractivity contribution in [2.45, 2.75) is 25.9 Å². The quantitative estimate of drug-likeness (QED) is 0.561. The molecule has 0 aliphatic carbocycles. The topological polar surface area (TPSA) is 90.8 Å². The van der Waals surface area contributed by atoms with E-state index < -0.39 is 0 Å². The Labute approximate surface area is 168 Å². The van der Waals surface area contributed by atoms with Crippen molar-refractivity contribution in [3.63, 3.8) is 0 Å². The van der Waals surface area contributed by atoms with Crippen LogP contribution in [0.15, 0.2) is 48.9 Å². The summed E-state index contributed by atoms with van der Waals surface area (Å²) >= 11 is 0. The molecule has 146 valence electrons. The van der Waals surface area contributed by atoms with Gasteiger partial charge in [0.1, 0.15) is 11.5 Å². The molecule has 5 heterocycles. The lowest BCUT2D eigenvalue weighted by Crippen LogP contribution is -2.39. The Morgan fingerprint density at radius 2 is 2.10 bits per heavy atom. The molecule has 1 fully saturated rings. The first-order valence-electron chi connectivity index (χ1n) is 9.84. The summed E-state index contributed by atoms with van der Waals surface area (Å²) in [6.45, 7) is 3.58. The lowest BCUT2D eigenvalue weighted by molar-refractivity contribution is 0.154. The van der Waals surface area contributed by atoms with E-state index in [9.17, 15) is 5.11 Å². The number of aromatic amines is 1. The summed E-state index contributed by atoms with van der Waals surface area (Å²) in [5.41, 5.74) is 5.37. The van der Waals surface area contributed by atoms with E-state index in [1.807, 2.05) is 24.3 Å². The summed E-state index contributed by atoms with van der Waals surface area (Å²) < 4.78 is 0. The Balaban J connectivity index is 1.58. The summed E-state index contributed by atoms with van der Waals surface area (Å²) in [5.74, 6) is 0.916. The number of β-amino-alcohol motifs (C(OH)–C–C–N with tert-alkyl or cyclic N) is 1. The number of fused-ring (bicyclic) bond motifs is 1. The van der Waals surface area contributed by atoms with Crippen molar-refractivity contribution in [1.82, 2.24) is 25.1 Å². The van der Waals surface area contributed by atoms with Gasteiger partial charge in [0.05, 0.1) is 29.2 Å². The first-order chi connectivity index (χ1) is 14.2. The molecule has 1 atom stereocenters. The van der Waals surface area contributed by atoms with Gasteiger partial charge in [-0.3, -0.25) is 15.1 Å². The summed E-state index contributed by atoms with van der Waals surface area (Å²) in [6.07, 6.45) is 6.87. The second kappa shape index (κ2) is 7.25. The zero-order chi connectivity index (χ0) is 19.8. The molecule has 2 N–H and O–H groups in total. The van der Waals surface area contributed by atoms with Crippen molar-refractivity contribution in [3.05, 3.63) is 54.5 Å². The van der Waals surface area contributed by atoms with Crippen LogP contribution in [0.1, 0.15) is 18.4 Å². The maximum Gasteiger partial charge on any atom is 0.132 e. The van der Waals surface area contributed by atoms with E-state index >= 15 is 0 Å². The van der Waals surface area contributed by atoms with Crippen molar-refractivity contribution in [3.8, 4) is 22.6 Å². The van der Waals surface area contributed by atoms with E-state index in [-0.39, 0.29) is 6.10 Å². The Hall–Kier alpha value is -3.32. The van der Waals surface area contributed by atoms with Crippen LogP contribution >= 0.6 is 0 Å². The lowest BCUT2D eigenvalue weighted by Gasteiger charge is -2.32. The summed E-state index contributed by atoms with van der Waals surface area (Å²) in [6, 6.07) is 9.99. The number of rotatable bonds is 3. The van der Waals surface area contributed by atoms with Gasteiger partial charge in [0, 0.05) is 36.4 Å². The van der Waals surface area contributed by atoms with Crippen LogP contribution in [0.25, 0.3) is 33.5 Å². The third-order valence-corrected chi connectivity index (χ3v) is 5.41. The number of aryl methyl sites for hydroxylation is 1. The molecule has 0 spiro atoms. The first kappa shape index (κ1) is 17.8. The minimum atomic E-state index is -0.298. The van der Waals surface area contributed by atoms with E-state index in [1.54, 1.807) is 18.6 Å². The molecular formula is C22H22N6O. The lowest BCUT2D eigenvalue weighted by atomic mass is 10.1. The third-order valence-electron chi connectivity index (χ3n) is 5.41. The van der Waals surface area contributed by atoms with Crippen molar-refractivity contribution in [1.29, 1.82) is 0 Å². The fraction of sp³-hybridized carbons (Fsp3) is 0.273. The molecule has 0 radical (unpaired) electrons. The number of aliphatic hydroxyl groups is 1. The number of nitrogens with zero attached hydrogens (tertiary/aromatic N) is 5.